The Kier molecular flexibility index (Phi) is 7.30. The van der Waals surface area contributed by atoms with Crippen LogP contribution in [0.1, 0.15) is 47.0 Å². The van der Waals surface area contributed by atoms with Gasteiger partial charge in [0.15, 0.2) is 0 Å². The van der Waals surface area contributed by atoms with Gasteiger partial charge in [-0.3, -0.25) is 0 Å². The van der Waals surface area contributed by atoms with Crippen LogP contribution in [0.4, 0.5) is 4.79 Å². The molecular weight excluding hydrogens is 256 g/mol. The lowest BCUT2D eigenvalue weighted by atomic mass is 10.1. The fraction of sp³-hybridized carbons (Fsp3) is 0.933. The van der Waals surface area contributed by atoms with E-state index in [0.29, 0.717) is 12.6 Å². The fourth-order valence-electron chi connectivity index (χ4n) is 2.20. The third kappa shape index (κ3) is 7.10. The van der Waals surface area contributed by atoms with Gasteiger partial charge < -0.3 is 19.7 Å². The highest BCUT2D eigenvalue weighted by Crippen LogP contribution is 2.10. The summed E-state index contributed by atoms with van der Waals surface area (Å²) in [4.78, 5) is 13.9. The van der Waals surface area contributed by atoms with Gasteiger partial charge in [-0.25, -0.2) is 4.79 Å². The van der Waals surface area contributed by atoms with Gasteiger partial charge in [-0.1, -0.05) is 6.92 Å². The zero-order valence-corrected chi connectivity index (χ0v) is 13.4. The molecule has 1 saturated heterocycles. The van der Waals surface area contributed by atoms with Crippen molar-refractivity contribution in [1.29, 1.82) is 0 Å². The molecule has 1 aliphatic heterocycles. The maximum absolute atomic E-state index is 12.1. The summed E-state index contributed by atoms with van der Waals surface area (Å²) in [5.41, 5.74) is -0.437. The summed E-state index contributed by atoms with van der Waals surface area (Å²) in [6.45, 7) is 11.6. The molecular formula is C15H30N2O3. The highest BCUT2D eigenvalue weighted by atomic mass is 16.6. The summed E-state index contributed by atoms with van der Waals surface area (Å²) in [6, 6.07) is 0.422. The predicted octanol–water partition coefficient (Wildman–Crippen LogP) is 2.40. The van der Waals surface area contributed by atoms with E-state index in [1.807, 2.05) is 20.8 Å². The molecule has 5 heteroatoms. The van der Waals surface area contributed by atoms with Crippen molar-refractivity contribution in [2.75, 3.05) is 32.8 Å². The topological polar surface area (TPSA) is 50.8 Å². The lowest BCUT2D eigenvalue weighted by Crippen LogP contribution is -2.44. The second-order valence-electron chi connectivity index (χ2n) is 6.34. The minimum absolute atomic E-state index is 0.221. The maximum atomic E-state index is 12.1. The Morgan fingerprint density at radius 3 is 2.70 bits per heavy atom. The van der Waals surface area contributed by atoms with Crippen molar-refractivity contribution in [3.05, 3.63) is 0 Å². The Bertz CT molecular complexity index is 283. The van der Waals surface area contributed by atoms with Crippen LogP contribution in [0.25, 0.3) is 0 Å². The van der Waals surface area contributed by atoms with Crippen molar-refractivity contribution in [2.24, 2.45) is 0 Å². The van der Waals surface area contributed by atoms with Crippen molar-refractivity contribution < 1.29 is 14.3 Å². The first-order valence-corrected chi connectivity index (χ1v) is 7.71. The second kappa shape index (κ2) is 8.47. The van der Waals surface area contributed by atoms with Crippen LogP contribution >= 0.6 is 0 Å². The Balaban J connectivity index is 2.32. The summed E-state index contributed by atoms with van der Waals surface area (Å²) in [5, 5.41) is 3.45. The van der Waals surface area contributed by atoms with E-state index in [1.165, 1.54) is 0 Å². The maximum Gasteiger partial charge on any atom is 0.410 e. The quantitative estimate of drug-likeness (QED) is 0.814. The molecule has 1 unspecified atom stereocenters. The molecule has 0 bridgehead atoms. The summed E-state index contributed by atoms with van der Waals surface area (Å²) >= 11 is 0. The number of nitrogens with one attached hydrogen (secondary N) is 1. The van der Waals surface area contributed by atoms with Gasteiger partial charge in [-0.15, -0.1) is 0 Å². The van der Waals surface area contributed by atoms with E-state index in [9.17, 15) is 4.79 Å². The van der Waals surface area contributed by atoms with E-state index in [0.717, 1.165) is 45.6 Å². The average molecular weight is 286 g/mol. The first-order chi connectivity index (χ1) is 9.42. The first kappa shape index (κ1) is 17.2. The molecule has 0 aromatic rings. The summed E-state index contributed by atoms with van der Waals surface area (Å²) in [6.07, 6.45) is 2.98. The van der Waals surface area contributed by atoms with E-state index in [4.69, 9.17) is 9.47 Å². The van der Waals surface area contributed by atoms with Crippen LogP contribution in [0, 0.1) is 0 Å². The Hall–Kier alpha value is -0.810. The molecule has 0 saturated carbocycles. The van der Waals surface area contributed by atoms with Gasteiger partial charge >= 0.3 is 6.09 Å². The number of rotatable bonds is 6. The van der Waals surface area contributed by atoms with Gasteiger partial charge in [0.25, 0.3) is 0 Å². The van der Waals surface area contributed by atoms with E-state index in [-0.39, 0.29) is 6.09 Å². The lowest BCUT2D eigenvalue weighted by Gasteiger charge is -2.28. The predicted molar refractivity (Wildman–Crippen MR) is 79.9 cm³/mol. The summed E-state index contributed by atoms with van der Waals surface area (Å²) in [5.74, 6) is 0. The monoisotopic (exact) mass is 286 g/mol. The largest absolute Gasteiger partial charge is 0.444 e. The van der Waals surface area contributed by atoms with Gasteiger partial charge in [0.1, 0.15) is 5.60 Å². The molecule has 0 spiro atoms. The first-order valence-electron chi connectivity index (χ1n) is 7.71. The van der Waals surface area contributed by atoms with Crippen LogP contribution in [0.15, 0.2) is 0 Å². The van der Waals surface area contributed by atoms with Crippen molar-refractivity contribution in [1.82, 2.24) is 10.2 Å². The van der Waals surface area contributed by atoms with Crippen LogP contribution in [0.2, 0.25) is 0 Å². The molecule has 1 aliphatic rings. The minimum Gasteiger partial charge on any atom is -0.444 e. The van der Waals surface area contributed by atoms with Gasteiger partial charge in [0.05, 0.1) is 6.61 Å². The Labute approximate surface area is 123 Å². The standard InChI is InChI=1S/C15H30N2O3/c1-5-9-17(14(18)20-15(2,3)4)10-8-16-13-7-6-11-19-12-13/h13,16H,5-12H2,1-4H3. The third-order valence-corrected chi connectivity index (χ3v) is 3.12. The number of carbonyl (C=O) groups is 1. The molecule has 0 aromatic heterocycles. The number of amides is 1. The minimum atomic E-state index is -0.437. The van der Waals surface area contributed by atoms with Crippen LogP contribution in [0.3, 0.4) is 0 Å². The van der Waals surface area contributed by atoms with Crippen molar-refractivity contribution in [2.45, 2.75) is 58.6 Å². The number of hydrogen-bond acceptors (Lipinski definition) is 4. The molecule has 1 rings (SSSR count). The molecule has 1 fully saturated rings. The average Bonchev–Trinajstić information content (AvgIpc) is 2.37. The van der Waals surface area contributed by atoms with Crippen LogP contribution in [0.5, 0.6) is 0 Å². The highest BCUT2D eigenvalue weighted by molar-refractivity contribution is 5.68. The van der Waals surface area contributed by atoms with Gasteiger partial charge in [-0.2, -0.15) is 0 Å². The number of carbonyl (C=O) groups excluding carboxylic acids is 1. The normalized spacial score (nSPS) is 19.7. The number of hydrogen-bond donors (Lipinski definition) is 1. The Morgan fingerprint density at radius 2 is 2.15 bits per heavy atom. The highest BCUT2D eigenvalue weighted by Gasteiger charge is 2.21. The molecule has 5 nitrogen and oxygen atoms in total. The van der Waals surface area contributed by atoms with Crippen molar-refractivity contribution in [3.8, 4) is 0 Å². The number of ether oxygens (including phenoxy) is 2. The van der Waals surface area contributed by atoms with Crippen molar-refractivity contribution >= 4 is 6.09 Å². The SMILES string of the molecule is CCCN(CCNC1CCCOC1)C(=O)OC(C)(C)C. The molecule has 0 aliphatic carbocycles. The third-order valence-electron chi connectivity index (χ3n) is 3.12. The summed E-state index contributed by atoms with van der Waals surface area (Å²) in [7, 11) is 0. The molecule has 1 heterocycles. The molecule has 1 amide bonds. The van der Waals surface area contributed by atoms with E-state index < -0.39 is 5.60 Å². The van der Waals surface area contributed by atoms with Crippen LogP contribution in [-0.4, -0.2) is 55.5 Å². The van der Waals surface area contributed by atoms with Crippen LogP contribution in [-0.2, 0) is 9.47 Å². The zero-order valence-electron chi connectivity index (χ0n) is 13.4. The van der Waals surface area contributed by atoms with Gasteiger partial charge in [-0.05, 0) is 40.0 Å². The zero-order chi connectivity index (χ0) is 15.0. The smallest absolute Gasteiger partial charge is 0.410 e. The molecule has 20 heavy (non-hydrogen) atoms. The van der Waals surface area contributed by atoms with Crippen molar-refractivity contribution in [3.63, 3.8) is 0 Å². The van der Waals surface area contributed by atoms with Gasteiger partial charge in [0.2, 0.25) is 0 Å². The lowest BCUT2D eigenvalue weighted by molar-refractivity contribution is 0.0243. The molecule has 0 radical (unpaired) electrons. The fourth-order valence-corrected chi connectivity index (χ4v) is 2.20. The van der Waals surface area contributed by atoms with Crippen LogP contribution < -0.4 is 5.32 Å². The van der Waals surface area contributed by atoms with Gasteiger partial charge in [0, 0.05) is 32.3 Å². The summed E-state index contributed by atoms with van der Waals surface area (Å²) < 4.78 is 10.9. The Morgan fingerprint density at radius 1 is 1.40 bits per heavy atom. The molecule has 0 aromatic carbocycles. The number of nitrogens with zero attached hydrogens (tertiary/aromatic N) is 1. The molecule has 118 valence electrons. The van der Waals surface area contributed by atoms with E-state index >= 15 is 0 Å². The van der Waals surface area contributed by atoms with E-state index in [2.05, 4.69) is 12.2 Å². The van der Waals surface area contributed by atoms with E-state index in [1.54, 1.807) is 4.90 Å². The molecule has 1 atom stereocenters. The second-order valence-corrected chi connectivity index (χ2v) is 6.34. The molecule has 1 N–H and O–H groups in total.